The third-order valence-electron chi connectivity index (χ3n) is 1.33. The third-order valence-corrected chi connectivity index (χ3v) is 2.25. The van der Waals surface area contributed by atoms with E-state index in [1.807, 2.05) is 0 Å². The predicted molar refractivity (Wildman–Crippen MR) is 58.3 cm³/mol. The molecule has 1 atom stereocenters. The van der Waals surface area contributed by atoms with Crippen molar-refractivity contribution in [1.29, 1.82) is 0 Å². The van der Waals surface area contributed by atoms with Crippen LogP contribution >= 0.6 is 11.3 Å². The summed E-state index contributed by atoms with van der Waals surface area (Å²) in [5, 5.41) is 27.7. The minimum absolute atomic E-state index is 0.00463. The van der Waals surface area contributed by atoms with Gasteiger partial charge in [0.25, 0.3) is 11.6 Å². The Morgan fingerprint density at radius 3 is 2.50 bits per heavy atom. The van der Waals surface area contributed by atoms with Gasteiger partial charge in [-0.05, 0) is 12.3 Å². The number of nitro groups is 1. The van der Waals surface area contributed by atoms with Crippen LogP contribution in [0.2, 0.25) is 0 Å². The van der Waals surface area contributed by atoms with E-state index in [0.29, 0.717) is 0 Å². The number of amides is 1. The van der Waals surface area contributed by atoms with Gasteiger partial charge in [-0.3, -0.25) is 14.9 Å². The second kappa shape index (κ2) is 6.88. The largest absolute Gasteiger partial charge is 0.394 e. The Labute approximate surface area is 95.3 Å². The fraction of sp³-hybridized carbons (Fsp3) is 0.375. The lowest BCUT2D eigenvalue weighted by atomic mass is 10.4. The number of aliphatic hydroxyl groups excluding tert-OH is 2. The molecule has 0 aliphatic heterocycles. The molecule has 4 N–H and O–H groups in total. The lowest BCUT2D eigenvalue weighted by Crippen LogP contribution is -2.10. The van der Waals surface area contributed by atoms with Gasteiger partial charge < -0.3 is 15.9 Å². The average molecular weight is 248 g/mol. The van der Waals surface area contributed by atoms with Gasteiger partial charge >= 0.3 is 0 Å². The minimum atomic E-state index is -0.758. The van der Waals surface area contributed by atoms with Crippen LogP contribution in [0.1, 0.15) is 16.6 Å². The molecule has 1 unspecified atom stereocenters. The van der Waals surface area contributed by atoms with E-state index in [1.54, 1.807) is 0 Å². The molecule has 0 aliphatic rings. The molecule has 1 heterocycles. The van der Waals surface area contributed by atoms with Crippen LogP contribution in [0.25, 0.3) is 0 Å². The summed E-state index contributed by atoms with van der Waals surface area (Å²) in [7, 11) is 0. The molecular formula is C8H12N2O5S. The topological polar surface area (TPSA) is 127 Å². The number of rotatable bonds is 3. The number of thiophene rings is 1. The average Bonchev–Trinajstić information content (AvgIpc) is 2.67. The fourth-order valence-electron chi connectivity index (χ4n) is 0.631. The molecule has 1 rings (SSSR count). The van der Waals surface area contributed by atoms with Gasteiger partial charge in [-0.1, -0.05) is 0 Å². The molecule has 0 fully saturated rings. The van der Waals surface area contributed by atoms with E-state index in [-0.39, 0.29) is 17.2 Å². The van der Waals surface area contributed by atoms with E-state index in [2.05, 4.69) is 0 Å². The number of carbonyl (C=O) groups excluding carboxylic acids is 1. The number of nitrogens with two attached hydrogens (primary N) is 1. The fourth-order valence-corrected chi connectivity index (χ4v) is 1.34. The molecule has 0 saturated heterocycles. The smallest absolute Gasteiger partial charge is 0.292 e. The Morgan fingerprint density at radius 1 is 1.75 bits per heavy atom. The number of hydrogen-bond donors (Lipinski definition) is 3. The van der Waals surface area contributed by atoms with E-state index in [4.69, 9.17) is 15.9 Å². The highest BCUT2D eigenvalue weighted by Crippen LogP contribution is 2.23. The first-order chi connectivity index (χ1) is 7.40. The zero-order chi connectivity index (χ0) is 12.7. The van der Waals surface area contributed by atoms with Crippen LogP contribution < -0.4 is 5.73 Å². The van der Waals surface area contributed by atoms with Crippen LogP contribution in [0.5, 0.6) is 0 Å². The monoisotopic (exact) mass is 248 g/mol. The minimum Gasteiger partial charge on any atom is -0.394 e. The first-order valence-corrected chi connectivity index (χ1v) is 5.08. The normalized spacial score (nSPS) is 11.2. The molecule has 0 radical (unpaired) electrons. The summed E-state index contributed by atoms with van der Waals surface area (Å²) in [6.07, 6.45) is -0.560. The molecular weight excluding hydrogens is 236 g/mol. The van der Waals surface area contributed by atoms with E-state index in [9.17, 15) is 14.9 Å². The van der Waals surface area contributed by atoms with E-state index >= 15 is 0 Å². The van der Waals surface area contributed by atoms with Crippen molar-refractivity contribution in [3.63, 3.8) is 0 Å². The number of hydrogen-bond acceptors (Lipinski definition) is 6. The second-order valence-corrected chi connectivity index (χ2v) is 3.70. The van der Waals surface area contributed by atoms with Crippen LogP contribution in [-0.4, -0.2) is 33.8 Å². The van der Waals surface area contributed by atoms with Gasteiger partial charge in [-0.15, -0.1) is 11.3 Å². The van der Waals surface area contributed by atoms with Gasteiger partial charge in [0.05, 0.1) is 17.6 Å². The maximum absolute atomic E-state index is 10.5. The summed E-state index contributed by atoms with van der Waals surface area (Å²) in [5.74, 6) is -0.758. The van der Waals surface area contributed by atoms with E-state index < -0.39 is 16.9 Å². The van der Waals surface area contributed by atoms with E-state index in [0.717, 1.165) is 11.3 Å². The molecule has 1 amide bonds. The summed E-state index contributed by atoms with van der Waals surface area (Å²) in [6, 6.07) is 1.25. The Balaban J connectivity index is 0.000000385. The number of carbonyl (C=O) groups is 1. The van der Waals surface area contributed by atoms with Crippen molar-refractivity contribution in [2.75, 3.05) is 6.61 Å². The van der Waals surface area contributed by atoms with Crippen molar-refractivity contribution in [3.05, 3.63) is 26.4 Å². The predicted octanol–water partition coefficient (Wildman–Crippen LogP) is 0.115. The summed E-state index contributed by atoms with van der Waals surface area (Å²) < 4.78 is 0. The number of aliphatic hydroxyl groups is 2. The van der Waals surface area contributed by atoms with Crippen LogP contribution in [0.4, 0.5) is 5.69 Å². The second-order valence-electron chi connectivity index (χ2n) is 2.79. The molecule has 0 saturated carbocycles. The SMILES string of the molecule is CC(O)CO.NC(=O)c1sccc1[N+](=O)[O-]. The highest BCUT2D eigenvalue weighted by atomic mass is 32.1. The van der Waals surface area contributed by atoms with Gasteiger partial charge in [0.15, 0.2) is 4.88 Å². The van der Waals surface area contributed by atoms with Crippen LogP contribution in [0.15, 0.2) is 11.4 Å². The molecule has 90 valence electrons. The maximum Gasteiger partial charge on any atom is 0.292 e. The standard InChI is InChI=1S/C5H4N2O3S.C3H8O2/c6-5(8)4-3(7(9)10)1-2-11-4;1-3(5)2-4/h1-2H,(H2,6,8);3-5H,2H2,1H3. The van der Waals surface area contributed by atoms with Gasteiger partial charge in [0.1, 0.15) is 0 Å². The highest BCUT2D eigenvalue weighted by molar-refractivity contribution is 7.12. The van der Waals surface area contributed by atoms with Gasteiger partial charge in [0.2, 0.25) is 0 Å². The Kier molecular flexibility index (Phi) is 6.23. The first-order valence-electron chi connectivity index (χ1n) is 4.20. The quantitative estimate of drug-likeness (QED) is 0.517. The summed E-state index contributed by atoms with van der Waals surface area (Å²) in [5.41, 5.74) is 4.64. The molecule has 0 aliphatic carbocycles. The number of primary amides is 1. The Bertz CT molecular complexity index is 335. The van der Waals surface area contributed by atoms with Crippen molar-refractivity contribution in [2.24, 2.45) is 5.73 Å². The summed E-state index contributed by atoms with van der Waals surface area (Å²) >= 11 is 0.970. The highest BCUT2D eigenvalue weighted by Gasteiger charge is 2.18. The molecule has 7 nitrogen and oxygen atoms in total. The zero-order valence-electron chi connectivity index (χ0n) is 8.49. The lowest BCUT2D eigenvalue weighted by molar-refractivity contribution is -0.384. The third kappa shape index (κ3) is 4.82. The summed E-state index contributed by atoms with van der Waals surface area (Å²) in [4.78, 5) is 20.1. The summed E-state index contributed by atoms with van der Waals surface area (Å²) in [6.45, 7) is 1.39. The van der Waals surface area contributed by atoms with Gasteiger partial charge in [-0.25, -0.2) is 0 Å². The Morgan fingerprint density at radius 2 is 2.25 bits per heavy atom. The van der Waals surface area contributed by atoms with Crippen LogP contribution in [0, 0.1) is 10.1 Å². The van der Waals surface area contributed by atoms with E-state index in [1.165, 1.54) is 18.4 Å². The first kappa shape index (κ1) is 14.5. The molecule has 8 heteroatoms. The van der Waals surface area contributed by atoms with Crippen molar-refractivity contribution in [2.45, 2.75) is 13.0 Å². The van der Waals surface area contributed by atoms with Gasteiger partial charge in [-0.2, -0.15) is 0 Å². The lowest BCUT2D eigenvalue weighted by Gasteiger charge is -1.90. The molecule has 16 heavy (non-hydrogen) atoms. The zero-order valence-corrected chi connectivity index (χ0v) is 9.31. The molecule has 1 aromatic rings. The maximum atomic E-state index is 10.5. The Hall–Kier alpha value is -1.51. The molecule has 0 aromatic carbocycles. The van der Waals surface area contributed by atoms with Crippen LogP contribution in [-0.2, 0) is 0 Å². The molecule has 0 spiro atoms. The molecule has 0 bridgehead atoms. The molecule has 1 aromatic heterocycles. The van der Waals surface area contributed by atoms with Gasteiger partial charge in [0, 0.05) is 6.07 Å². The van der Waals surface area contributed by atoms with Crippen molar-refractivity contribution in [3.8, 4) is 0 Å². The van der Waals surface area contributed by atoms with Crippen molar-refractivity contribution in [1.82, 2.24) is 0 Å². The van der Waals surface area contributed by atoms with Crippen molar-refractivity contribution < 1.29 is 19.9 Å². The van der Waals surface area contributed by atoms with Crippen LogP contribution in [0.3, 0.4) is 0 Å². The van der Waals surface area contributed by atoms with Crippen molar-refractivity contribution >= 4 is 22.9 Å². The number of nitrogens with zero attached hydrogens (tertiary/aromatic N) is 1.